The van der Waals surface area contributed by atoms with Gasteiger partial charge in [0.1, 0.15) is 12.4 Å². The molecule has 5 heteroatoms. The molecule has 2 nitrogen and oxygen atoms in total. The second-order valence-corrected chi connectivity index (χ2v) is 6.32. The average molecular weight is 347 g/mol. The van der Waals surface area contributed by atoms with E-state index in [-0.39, 0.29) is 6.04 Å². The largest absolute Gasteiger partial charge is 0.487 e. The fourth-order valence-electron chi connectivity index (χ4n) is 1.50. The maximum Gasteiger partial charge on any atom is 0.138 e. The minimum absolute atomic E-state index is 0.0233. The number of ether oxygens (including phenoxy) is 1. The minimum Gasteiger partial charge on any atom is -0.487 e. The fraction of sp³-hybridized carbons (Fsp3) is 0.231. The molecule has 0 amide bonds. The van der Waals surface area contributed by atoms with E-state index in [0.29, 0.717) is 17.4 Å². The molecule has 1 unspecified atom stereocenters. The molecule has 18 heavy (non-hydrogen) atoms. The third-order valence-electron chi connectivity index (χ3n) is 2.47. The molecule has 2 rings (SSSR count). The molecule has 0 aliphatic heterocycles. The third kappa shape index (κ3) is 3.48. The predicted molar refractivity (Wildman–Crippen MR) is 80.4 cm³/mol. The Kier molecular flexibility index (Phi) is 4.67. The summed E-state index contributed by atoms with van der Waals surface area (Å²) in [4.78, 5) is 1.15. The van der Waals surface area contributed by atoms with Gasteiger partial charge in [0.25, 0.3) is 0 Å². The Morgan fingerprint density at radius 3 is 2.78 bits per heavy atom. The highest BCUT2D eigenvalue weighted by atomic mass is 79.9. The highest BCUT2D eigenvalue weighted by molar-refractivity contribution is 9.10. The number of halogens is 2. The molecule has 0 aliphatic rings. The lowest BCUT2D eigenvalue weighted by Gasteiger charge is -2.10. The van der Waals surface area contributed by atoms with Gasteiger partial charge in [-0.1, -0.05) is 17.7 Å². The van der Waals surface area contributed by atoms with Gasteiger partial charge in [0.2, 0.25) is 0 Å². The van der Waals surface area contributed by atoms with Crippen molar-refractivity contribution >= 4 is 38.9 Å². The van der Waals surface area contributed by atoms with Crippen LogP contribution >= 0.6 is 38.9 Å². The quantitative estimate of drug-likeness (QED) is 0.866. The van der Waals surface area contributed by atoms with Crippen LogP contribution in [0, 0.1) is 0 Å². The van der Waals surface area contributed by atoms with E-state index in [4.69, 9.17) is 22.1 Å². The van der Waals surface area contributed by atoms with Gasteiger partial charge < -0.3 is 10.5 Å². The summed E-state index contributed by atoms with van der Waals surface area (Å²) < 4.78 is 6.76. The maximum absolute atomic E-state index is 6.16. The maximum atomic E-state index is 6.16. The Bertz CT molecular complexity index is 542. The van der Waals surface area contributed by atoms with Gasteiger partial charge in [0.05, 0.1) is 5.02 Å². The van der Waals surface area contributed by atoms with E-state index in [9.17, 15) is 0 Å². The van der Waals surface area contributed by atoms with E-state index >= 15 is 0 Å². The van der Waals surface area contributed by atoms with Crippen molar-refractivity contribution in [2.45, 2.75) is 19.6 Å². The van der Waals surface area contributed by atoms with E-state index in [2.05, 4.69) is 15.9 Å². The third-order valence-corrected chi connectivity index (χ3v) is 4.44. The van der Waals surface area contributed by atoms with Gasteiger partial charge in [-0.25, -0.2) is 0 Å². The van der Waals surface area contributed by atoms with E-state index in [0.717, 1.165) is 14.9 Å². The number of hydrogen-bond donors (Lipinski definition) is 1. The van der Waals surface area contributed by atoms with Crippen molar-refractivity contribution in [3.63, 3.8) is 0 Å². The van der Waals surface area contributed by atoms with Crippen LogP contribution in [0.1, 0.15) is 23.4 Å². The van der Waals surface area contributed by atoms with Crippen LogP contribution < -0.4 is 10.5 Å². The van der Waals surface area contributed by atoms with Crippen molar-refractivity contribution in [1.29, 1.82) is 0 Å². The highest BCUT2D eigenvalue weighted by Crippen LogP contribution is 2.29. The van der Waals surface area contributed by atoms with Crippen molar-refractivity contribution in [3.8, 4) is 5.75 Å². The molecule has 0 radical (unpaired) electrons. The van der Waals surface area contributed by atoms with Crippen molar-refractivity contribution in [3.05, 3.63) is 49.6 Å². The van der Waals surface area contributed by atoms with E-state index in [1.807, 2.05) is 36.6 Å². The van der Waals surface area contributed by atoms with Gasteiger partial charge in [-0.05, 0) is 46.6 Å². The van der Waals surface area contributed by atoms with Gasteiger partial charge in [-0.2, -0.15) is 0 Å². The first-order valence-electron chi connectivity index (χ1n) is 5.47. The van der Waals surface area contributed by atoms with Crippen LogP contribution in [0.2, 0.25) is 5.02 Å². The molecule has 96 valence electrons. The second kappa shape index (κ2) is 6.06. The van der Waals surface area contributed by atoms with Crippen molar-refractivity contribution in [1.82, 2.24) is 0 Å². The second-order valence-electron chi connectivity index (χ2n) is 4.00. The highest BCUT2D eigenvalue weighted by Gasteiger charge is 2.06. The molecule has 1 aromatic carbocycles. The predicted octanol–water partition coefficient (Wildman–Crippen LogP) is 4.76. The van der Waals surface area contributed by atoms with E-state index in [1.165, 1.54) is 0 Å². The van der Waals surface area contributed by atoms with Gasteiger partial charge >= 0.3 is 0 Å². The van der Waals surface area contributed by atoms with Crippen molar-refractivity contribution in [2.24, 2.45) is 5.73 Å². The van der Waals surface area contributed by atoms with Gasteiger partial charge in [0.15, 0.2) is 0 Å². The van der Waals surface area contributed by atoms with Gasteiger partial charge in [-0.3, -0.25) is 0 Å². The lowest BCUT2D eigenvalue weighted by molar-refractivity contribution is 0.310. The molecular weight excluding hydrogens is 334 g/mol. The summed E-state index contributed by atoms with van der Waals surface area (Å²) >= 11 is 11.2. The summed E-state index contributed by atoms with van der Waals surface area (Å²) in [6.07, 6.45) is 0. The number of thiophene rings is 1. The van der Waals surface area contributed by atoms with Crippen LogP contribution in [0.3, 0.4) is 0 Å². The smallest absolute Gasteiger partial charge is 0.138 e. The zero-order valence-corrected chi connectivity index (χ0v) is 13.0. The molecule has 0 bridgehead atoms. The first-order valence-corrected chi connectivity index (χ1v) is 7.52. The zero-order valence-electron chi connectivity index (χ0n) is 9.82. The summed E-state index contributed by atoms with van der Waals surface area (Å²) in [6, 6.07) is 7.67. The molecule has 1 atom stereocenters. The van der Waals surface area contributed by atoms with Crippen LogP contribution in [-0.4, -0.2) is 0 Å². The molecule has 0 fully saturated rings. The Labute approximate surface area is 124 Å². The Balaban J connectivity index is 2.05. The lowest BCUT2D eigenvalue weighted by Crippen LogP contribution is -2.05. The van der Waals surface area contributed by atoms with E-state index in [1.54, 1.807) is 11.3 Å². The van der Waals surface area contributed by atoms with Crippen LogP contribution in [0.5, 0.6) is 5.75 Å². The first kappa shape index (κ1) is 13.9. The molecule has 1 heterocycles. The monoisotopic (exact) mass is 345 g/mol. The Morgan fingerprint density at radius 1 is 1.44 bits per heavy atom. The van der Waals surface area contributed by atoms with Crippen LogP contribution in [0.4, 0.5) is 0 Å². The molecule has 2 aromatic rings. The Morgan fingerprint density at radius 2 is 2.22 bits per heavy atom. The summed E-state index contributed by atoms with van der Waals surface area (Å²) in [5.41, 5.74) is 6.80. The van der Waals surface area contributed by atoms with Crippen molar-refractivity contribution in [2.75, 3.05) is 0 Å². The SMILES string of the molecule is CC(N)c1ccc(OCc2cc(Br)cs2)c(Cl)c1. The zero-order chi connectivity index (χ0) is 13.1. The first-order chi connectivity index (χ1) is 8.56. The minimum atomic E-state index is -0.0233. The number of hydrogen-bond acceptors (Lipinski definition) is 3. The van der Waals surface area contributed by atoms with Crippen LogP contribution in [-0.2, 0) is 6.61 Å². The standard InChI is InChI=1S/C13H13BrClNOS/c1-8(16)9-2-3-13(12(15)4-9)17-6-11-5-10(14)7-18-11/h2-5,7-8H,6,16H2,1H3. The van der Waals surface area contributed by atoms with Crippen LogP contribution in [0.15, 0.2) is 34.1 Å². The van der Waals surface area contributed by atoms with Gasteiger partial charge in [-0.15, -0.1) is 11.3 Å². The normalized spacial score (nSPS) is 12.4. The summed E-state index contributed by atoms with van der Waals surface area (Å²) in [7, 11) is 0. The topological polar surface area (TPSA) is 35.2 Å². The van der Waals surface area contributed by atoms with Crippen LogP contribution in [0.25, 0.3) is 0 Å². The molecule has 1 aromatic heterocycles. The molecule has 0 spiro atoms. The lowest BCUT2D eigenvalue weighted by atomic mass is 10.1. The molecule has 0 aliphatic carbocycles. The average Bonchev–Trinajstić information content (AvgIpc) is 2.73. The molecule has 0 saturated heterocycles. The Hall–Kier alpha value is -0.550. The summed E-state index contributed by atoms with van der Waals surface area (Å²) in [6.45, 7) is 2.45. The molecular formula is C13H13BrClNOS. The number of benzene rings is 1. The van der Waals surface area contributed by atoms with E-state index < -0.39 is 0 Å². The molecule has 0 saturated carbocycles. The summed E-state index contributed by atoms with van der Waals surface area (Å²) in [5, 5.41) is 2.62. The molecule has 2 N–H and O–H groups in total. The number of nitrogens with two attached hydrogens (primary N) is 1. The van der Waals surface area contributed by atoms with Gasteiger partial charge in [0, 0.05) is 20.8 Å². The number of rotatable bonds is 4. The fourth-order valence-corrected chi connectivity index (χ4v) is 3.10. The summed E-state index contributed by atoms with van der Waals surface area (Å²) in [5.74, 6) is 0.686. The van der Waals surface area contributed by atoms with Crippen molar-refractivity contribution < 1.29 is 4.74 Å².